The number of fused-ring (bicyclic) bond motifs is 1. The first-order chi connectivity index (χ1) is 21.1. The molecule has 0 aliphatic rings. The number of aryl methyl sites for hydroxylation is 1. The van der Waals surface area contributed by atoms with Crippen molar-refractivity contribution in [2.45, 2.75) is 19.4 Å². The molecule has 43 heavy (non-hydrogen) atoms. The van der Waals surface area contributed by atoms with Gasteiger partial charge in [-0.2, -0.15) is 0 Å². The molecule has 6 heteroatoms. The van der Waals surface area contributed by atoms with Gasteiger partial charge in [-0.1, -0.05) is 91.9 Å². The van der Waals surface area contributed by atoms with Gasteiger partial charge >= 0.3 is 0 Å². The van der Waals surface area contributed by atoms with Gasteiger partial charge in [-0.25, -0.2) is 0 Å². The van der Waals surface area contributed by atoms with Gasteiger partial charge in [0.2, 0.25) is 0 Å². The zero-order valence-corrected chi connectivity index (χ0v) is 23.7. The van der Waals surface area contributed by atoms with Crippen LogP contribution in [0.25, 0.3) is 22.0 Å². The summed E-state index contributed by atoms with van der Waals surface area (Å²) in [5.74, 6) is -0.457. The fourth-order valence-corrected chi connectivity index (χ4v) is 5.11. The smallest absolute Gasteiger partial charge is 0.256 e. The zero-order valence-electron chi connectivity index (χ0n) is 23.7. The molecule has 1 atom stereocenters. The Morgan fingerprint density at radius 2 is 1.51 bits per heavy atom. The molecule has 0 saturated heterocycles. The quantitative estimate of drug-likeness (QED) is 0.200. The number of nitrogens with one attached hydrogen (secondary N) is 2. The van der Waals surface area contributed by atoms with Crippen LogP contribution in [-0.4, -0.2) is 21.8 Å². The van der Waals surface area contributed by atoms with Crippen molar-refractivity contribution in [2.75, 3.05) is 5.32 Å². The minimum atomic E-state index is -0.407. The SMILES string of the molecule is CCc1ccc(-c2ccccc2C(=O)Nc2ccc3cc(C(=O)NC(c4ccccc4)c4ccccn4)cnc3c2)cc1. The number of carbonyl (C=O) groups is 2. The fraction of sp³-hybridized carbons (Fsp3) is 0.0811. The van der Waals surface area contributed by atoms with Gasteiger partial charge in [0, 0.05) is 29.0 Å². The van der Waals surface area contributed by atoms with E-state index in [4.69, 9.17) is 0 Å². The highest BCUT2D eigenvalue weighted by molar-refractivity contribution is 6.09. The van der Waals surface area contributed by atoms with Gasteiger partial charge in [0.05, 0.1) is 22.8 Å². The molecule has 0 fully saturated rings. The first-order valence-electron chi connectivity index (χ1n) is 14.3. The molecule has 2 aromatic heterocycles. The number of hydrogen-bond acceptors (Lipinski definition) is 4. The van der Waals surface area contributed by atoms with E-state index in [1.165, 1.54) is 5.56 Å². The summed E-state index contributed by atoms with van der Waals surface area (Å²) in [6.45, 7) is 2.12. The topological polar surface area (TPSA) is 84.0 Å². The third-order valence-corrected chi connectivity index (χ3v) is 7.44. The lowest BCUT2D eigenvalue weighted by Crippen LogP contribution is -2.30. The molecular formula is C37H30N4O2. The van der Waals surface area contributed by atoms with Crippen molar-refractivity contribution in [1.82, 2.24) is 15.3 Å². The number of benzene rings is 4. The number of hydrogen-bond donors (Lipinski definition) is 2. The molecule has 1 unspecified atom stereocenters. The van der Waals surface area contributed by atoms with Crippen molar-refractivity contribution in [1.29, 1.82) is 0 Å². The molecule has 0 radical (unpaired) electrons. The normalized spacial score (nSPS) is 11.6. The van der Waals surface area contributed by atoms with Crippen LogP contribution in [-0.2, 0) is 6.42 Å². The minimum absolute atomic E-state index is 0.202. The van der Waals surface area contributed by atoms with Crippen molar-refractivity contribution in [3.8, 4) is 11.1 Å². The fourth-order valence-electron chi connectivity index (χ4n) is 5.11. The molecule has 210 valence electrons. The van der Waals surface area contributed by atoms with E-state index < -0.39 is 6.04 Å². The largest absolute Gasteiger partial charge is 0.339 e. The van der Waals surface area contributed by atoms with Gasteiger partial charge in [-0.05, 0) is 65.1 Å². The summed E-state index contributed by atoms with van der Waals surface area (Å²) in [5, 5.41) is 6.92. The third kappa shape index (κ3) is 6.19. The number of amides is 2. The molecular weight excluding hydrogens is 532 g/mol. The summed E-state index contributed by atoms with van der Waals surface area (Å²) in [4.78, 5) is 35.7. The summed E-state index contributed by atoms with van der Waals surface area (Å²) in [7, 11) is 0. The number of anilines is 1. The van der Waals surface area contributed by atoms with Gasteiger partial charge in [0.1, 0.15) is 0 Å². The number of pyridine rings is 2. The van der Waals surface area contributed by atoms with Crippen molar-refractivity contribution in [2.24, 2.45) is 0 Å². The highest BCUT2D eigenvalue weighted by atomic mass is 16.2. The Kier molecular flexibility index (Phi) is 8.00. The second kappa shape index (κ2) is 12.5. The van der Waals surface area contributed by atoms with Crippen molar-refractivity contribution in [3.05, 3.63) is 162 Å². The average Bonchev–Trinajstić information content (AvgIpc) is 3.07. The van der Waals surface area contributed by atoms with Gasteiger partial charge in [0.25, 0.3) is 11.8 Å². The highest BCUT2D eigenvalue weighted by Crippen LogP contribution is 2.27. The Bertz CT molecular complexity index is 1850. The standard InChI is InChI=1S/C37H30N4O2/c1-2-25-15-17-26(18-16-25)31-12-6-7-13-32(31)37(43)40-30-20-19-28-22-29(24-39-34(28)23-30)36(42)41-35(27-10-4-3-5-11-27)33-14-8-9-21-38-33/h3-24,35H,2H2,1H3,(H,40,43)(H,41,42). The Hall–Kier alpha value is -5.62. The van der Waals surface area contributed by atoms with Gasteiger partial charge < -0.3 is 10.6 Å². The van der Waals surface area contributed by atoms with Crippen LogP contribution in [0.5, 0.6) is 0 Å². The number of aromatic nitrogens is 2. The lowest BCUT2D eigenvalue weighted by molar-refractivity contribution is 0.0941. The molecule has 0 aliphatic heterocycles. The molecule has 0 spiro atoms. The van der Waals surface area contributed by atoms with E-state index in [1.54, 1.807) is 18.5 Å². The van der Waals surface area contributed by atoms with Gasteiger partial charge in [0.15, 0.2) is 0 Å². The maximum Gasteiger partial charge on any atom is 0.256 e. The first-order valence-corrected chi connectivity index (χ1v) is 14.3. The summed E-state index contributed by atoms with van der Waals surface area (Å²) in [6, 6.07) is 38.2. The van der Waals surface area contributed by atoms with E-state index in [0.717, 1.165) is 34.2 Å². The van der Waals surface area contributed by atoms with E-state index in [9.17, 15) is 9.59 Å². The lowest BCUT2D eigenvalue weighted by atomic mass is 9.97. The van der Waals surface area contributed by atoms with Crippen molar-refractivity contribution in [3.63, 3.8) is 0 Å². The predicted octanol–water partition coefficient (Wildman–Crippen LogP) is 7.63. The molecule has 2 N–H and O–H groups in total. The number of nitrogens with zero attached hydrogens (tertiary/aromatic N) is 2. The summed E-state index contributed by atoms with van der Waals surface area (Å²) < 4.78 is 0. The van der Waals surface area contributed by atoms with Crippen LogP contribution in [0.3, 0.4) is 0 Å². The molecule has 6 aromatic rings. The van der Waals surface area contributed by atoms with Crippen LogP contribution in [0.15, 0.2) is 134 Å². The number of rotatable bonds is 8. The van der Waals surface area contributed by atoms with E-state index in [1.807, 2.05) is 91.0 Å². The van der Waals surface area contributed by atoms with Crippen LogP contribution in [0.4, 0.5) is 5.69 Å². The van der Waals surface area contributed by atoms with Crippen LogP contribution < -0.4 is 10.6 Å². The van der Waals surface area contributed by atoms with Gasteiger partial charge in [-0.15, -0.1) is 0 Å². The van der Waals surface area contributed by atoms with Gasteiger partial charge in [-0.3, -0.25) is 19.6 Å². The summed E-state index contributed by atoms with van der Waals surface area (Å²) >= 11 is 0. The van der Waals surface area contributed by atoms with E-state index in [-0.39, 0.29) is 11.8 Å². The maximum atomic E-state index is 13.4. The second-order valence-electron chi connectivity index (χ2n) is 10.3. The minimum Gasteiger partial charge on any atom is -0.339 e. The van der Waals surface area contributed by atoms with E-state index >= 15 is 0 Å². The summed E-state index contributed by atoms with van der Waals surface area (Å²) in [6.07, 6.45) is 4.23. The monoisotopic (exact) mass is 562 g/mol. The highest BCUT2D eigenvalue weighted by Gasteiger charge is 2.19. The molecule has 6 rings (SSSR count). The third-order valence-electron chi connectivity index (χ3n) is 7.44. The van der Waals surface area contributed by atoms with Crippen LogP contribution >= 0.6 is 0 Å². The first kappa shape index (κ1) is 27.5. The van der Waals surface area contributed by atoms with E-state index in [0.29, 0.717) is 22.3 Å². The molecule has 4 aromatic carbocycles. The Morgan fingerprint density at radius 1 is 0.744 bits per heavy atom. The maximum absolute atomic E-state index is 13.4. The van der Waals surface area contributed by atoms with Crippen molar-refractivity contribution < 1.29 is 9.59 Å². The molecule has 0 bridgehead atoms. The zero-order chi connectivity index (χ0) is 29.6. The van der Waals surface area contributed by atoms with E-state index in [2.05, 4.69) is 51.8 Å². The second-order valence-corrected chi connectivity index (χ2v) is 10.3. The molecule has 0 aliphatic carbocycles. The molecule has 6 nitrogen and oxygen atoms in total. The lowest BCUT2D eigenvalue weighted by Gasteiger charge is -2.19. The molecule has 2 heterocycles. The Labute approximate surface area is 250 Å². The Balaban J connectivity index is 1.21. The van der Waals surface area contributed by atoms with Crippen molar-refractivity contribution >= 4 is 28.4 Å². The van der Waals surface area contributed by atoms with Crippen LogP contribution in [0, 0.1) is 0 Å². The average molecular weight is 563 g/mol. The molecule has 0 saturated carbocycles. The number of carbonyl (C=O) groups excluding carboxylic acids is 2. The molecule has 2 amide bonds. The summed E-state index contributed by atoms with van der Waals surface area (Å²) in [5.41, 5.74) is 7.11. The van der Waals surface area contributed by atoms with Crippen LogP contribution in [0.2, 0.25) is 0 Å². The Morgan fingerprint density at radius 3 is 2.28 bits per heavy atom. The predicted molar refractivity (Wildman–Crippen MR) is 171 cm³/mol. The van der Waals surface area contributed by atoms with Crippen LogP contribution in [0.1, 0.15) is 50.5 Å².